The molecule has 1 fully saturated rings. The molecule has 110 valence electrons. The molecule has 0 amide bonds. The summed E-state index contributed by atoms with van der Waals surface area (Å²) in [6, 6.07) is 6.95. The molecule has 0 bridgehead atoms. The van der Waals surface area contributed by atoms with Crippen LogP contribution in [-0.4, -0.2) is 25.9 Å². The summed E-state index contributed by atoms with van der Waals surface area (Å²) >= 11 is 0. The van der Waals surface area contributed by atoms with E-state index in [4.69, 9.17) is 15.3 Å². The quantitative estimate of drug-likeness (QED) is 0.614. The summed E-state index contributed by atoms with van der Waals surface area (Å²) < 4.78 is 11.0. The fourth-order valence-corrected chi connectivity index (χ4v) is 3.18. The first-order valence-corrected chi connectivity index (χ1v) is 7.63. The van der Waals surface area contributed by atoms with Crippen molar-refractivity contribution in [2.75, 3.05) is 19.8 Å². The number of nitrogens with one attached hydrogen (secondary N) is 1. The molecule has 2 aliphatic rings. The number of aryl methyl sites for hydroxylation is 1. The van der Waals surface area contributed by atoms with E-state index < -0.39 is 0 Å². The number of nitrogens with two attached hydrogens (primary N) is 1. The molecule has 0 saturated carbocycles. The summed E-state index contributed by atoms with van der Waals surface area (Å²) in [6.07, 6.45) is 5.47. The number of benzene rings is 1. The first-order valence-electron chi connectivity index (χ1n) is 7.63. The predicted octanol–water partition coefficient (Wildman–Crippen LogP) is 1.81. The Bertz CT molecular complexity index is 444. The third-order valence-electron chi connectivity index (χ3n) is 4.41. The van der Waals surface area contributed by atoms with E-state index in [2.05, 4.69) is 23.6 Å². The zero-order chi connectivity index (χ0) is 13.8. The first kappa shape index (κ1) is 13.9. The number of rotatable bonds is 6. The second kappa shape index (κ2) is 6.57. The van der Waals surface area contributed by atoms with Gasteiger partial charge in [0, 0.05) is 25.7 Å². The van der Waals surface area contributed by atoms with Gasteiger partial charge in [0.2, 0.25) is 0 Å². The Morgan fingerprint density at radius 2 is 2.30 bits per heavy atom. The van der Waals surface area contributed by atoms with E-state index in [0.29, 0.717) is 12.0 Å². The van der Waals surface area contributed by atoms with Gasteiger partial charge in [-0.1, -0.05) is 12.1 Å². The van der Waals surface area contributed by atoms with Crippen LogP contribution in [0.4, 0.5) is 0 Å². The lowest BCUT2D eigenvalue weighted by molar-refractivity contribution is 0.181. The van der Waals surface area contributed by atoms with Crippen LogP contribution in [0.5, 0.6) is 5.75 Å². The Morgan fingerprint density at radius 1 is 1.35 bits per heavy atom. The number of fused-ring (bicyclic) bond motifs is 1. The van der Waals surface area contributed by atoms with Crippen LogP contribution < -0.4 is 16.0 Å². The molecule has 20 heavy (non-hydrogen) atoms. The number of ether oxygens (including phenoxy) is 2. The van der Waals surface area contributed by atoms with Crippen molar-refractivity contribution < 1.29 is 9.47 Å². The van der Waals surface area contributed by atoms with Crippen LogP contribution in [0, 0.1) is 5.92 Å². The maximum Gasteiger partial charge on any atom is 0.122 e. The van der Waals surface area contributed by atoms with Gasteiger partial charge in [0.15, 0.2) is 0 Å². The fraction of sp³-hybridized carbons (Fsp3) is 0.625. The van der Waals surface area contributed by atoms with E-state index in [1.165, 1.54) is 17.5 Å². The van der Waals surface area contributed by atoms with Gasteiger partial charge in [-0.05, 0) is 48.8 Å². The SMILES string of the molecule is NNC(CCc1ccc2c(c1)CCO2)CC1CCOC1. The highest BCUT2D eigenvalue weighted by molar-refractivity contribution is 5.39. The smallest absolute Gasteiger partial charge is 0.122 e. The molecule has 2 unspecified atom stereocenters. The highest BCUT2D eigenvalue weighted by Gasteiger charge is 2.20. The molecule has 3 N–H and O–H groups in total. The van der Waals surface area contributed by atoms with Crippen molar-refractivity contribution in [2.24, 2.45) is 11.8 Å². The average Bonchev–Trinajstić information content (AvgIpc) is 3.13. The lowest BCUT2D eigenvalue weighted by Gasteiger charge is -2.19. The van der Waals surface area contributed by atoms with Gasteiger partial charge in [0.1, 0.15) is 5.75 Å². The molecule has 2 aliphatic heterocycles. The molecular weight excluding hydrogens is 252 g/mol. The van der Waals surface area contributed by atoms with Gasteiger partial charge in [-0.15, -0.1) is 0 Å². The molecule has 0 radical (unpaired) electrons. The molecule has 0 aliphatic carbocycles. The van der Waals surface area contributed by atoms with Crippen LogP contribution >= 0.6 is 0 Å². The molecule has 0 spiro atoms. The van der Waals surface area contributed by atoms with E-state index >= 15 is 0 Å². The summed E-state index contributed by atoms with van der Waals surface area (Å²) in [5.41, 5.74) is 5.71. The molecule has 1 aromatic carbocycles. The Labute approximate surface area is 120 Å². The Hall–Kier alpha value is -1.10. The zero-order valence-corrected chi connectivity index (χ0v) is 11.9. The van der Waals surface area contributed by atoms with Crippen LogP contribution in [0.1, 0.15) is 30.4 Å². The Kier molecular flexibility index (Phi) is 4.55. The largest absolute Gasteiger partial charge is 0.493 e. The van der Waals surface area contributed by atoms with Crippen molar-refractivity contribution in [1.82, 2.24) is 5.43 Å². The molecule has 2 atom stereocenters. The first-order chi connectivity index (χ1) is 9.85. The van der Waals surface area contributed by atoms with Crippen LogP contribution in [0.3, 0.4) is 0 Å². The van der Waals surface area contributed by atoms with Crippen molar-refractivity contribution in [1.29, 1.82) is 0 Å². The van der Waals surface area contributed by atoms with E-state index in [1.807, 2.05) is 0 Å². The summed E-state index contributed by atoms with van der Waals surface area (Å²) in [4.78, 5) is 0. The lowest BCUT2D eigenvalue weighted by atomic mass is 9.94. The minimum Gasteiger partial charge on any atom is -0.493 e. The Balaban J connectivity index is 1.51. The normalized spacial score (nSPS) is 22.6. The maximum absolute atomic E-state index is 5.69. The van der Waals surface area contributed by atoms with E-state index in [9.17, 15) is 0 Å². The molecular formula is C16H24N2O2. The molecule has 3 rings (SSSR count). The van der Waals surface area contributed by atoms with Crippen LogP contribution in [0.25, 0.3) is 0 Å². The van der Waals surface area contributed by atoms with Crippen molar-refractivity contribution in [2.45, 2.75) is 38.1 Å². The second-order valence-corrected chi connectivity index (χ2v) is 5.91. The molecule has 0 aromatic heterocycles. The maximum atomic E-state index is 5.69. The highest BCUT2D eigenvalue weighted by Crippen LogP contribution is 2.27. The van der Waals surface area contributed by atoms with Crippen molar-refractivity contribution in [3.63, 3.8) is 0 Å². The fourth-order valence-electron chi connectivity index (χ4n) is 3.18. The summed E-state index contributed by atoms with van der Waals surface area (Å²) in [6.45, 7) is 2.63. The van der Waals surface area contributed by atoms with Gasteiger partial charge in [-0.3, -0.25) is 11.3 Å². The van der Waals surface area contributed by atoms with Gasteiger partial charge in [0.05, 0.1) is 6.61 Å². The van der Waals surface area contributed by atoms with Crippen LogP contribution in [0.15, 0.2) is 18.2 Å². The second-order valence-electron chi connectivity index (χ2n) is 5.91. The van der Waals surface area contributed by atoms with E-state index in [0.717, 1.165) is 51.3 Å². The monoisotopic (exact) mass is 276 g/mol. The predicted molar refractivity (Wildman–Crippen MR) is 78.6 cm³/mol. The third kappa shape index (κ3) is 3.32. The van der Waals surface area contributed by atoms with Crippen LogP contribution in [-0.2, 0) is 17.6 Å². The minimum atomic E-state index is 0.381. The summed E-state index contributed by atoms with van der Waals surface area (Å²) in [5.74, 6) is 7.43. The average molecular weight is 276 g/mol. The molecule has 2 heterocycles. The van der Waals surface area contributed by atoms with Crippen molar-refractivity contribution in [3.05, 3.63) is 29.3 Å². The summed E-state index contributed by atoms with van der Waals surface area (Å²) in [5, 5.41) is 0. The van der Waals surface area contributed by atoms with Gasteiger partial charge >= 0.3 is 0 Å². The minimum absolute atomic E-state index is 0.381. The van der Waals surface area contributed by atoms with Gasteiger partial charge in [-0.25, -0.2) is 0 Å². The van der Waals surface area contributed by atoms with Crippen molar-refractivity contribution in [3.8, 4) is 5.75 Å². The topological polar surface area (TPSA) is 56.5 Å². The number of hydrogen-bond acceptors (Lipinski definition) is 4. The van der Waals surface area contributed by atoms with Crippen LogP contribution in [0.2, 0.25) is 0 Å². The number of hydrazine groups is 1. The van der Waals surface area contributed by atoms with Gasteiger partial charge < -0.3 is 9.47 Å². The third-order valence-corrected chi connectivity index (χ3v) is 4.41. The highest BCUT2D eigenvalue weighted by atomic mass is 16.5. The zero-order valence-electron chi connectivity index (χ0n) is 11.9. The van der Waals surface area contributed by atoms with E-state index in [1.54, 1.807) is 0 Å². The lowest BCUT2D eigenvalue weighted by Crippen LogP contribution is -2.37. The van der Waals surface area contributed by atoms with E-state index in [-0.39, 0.29) is 0 Å². The van der Waals surface area contributed by atoms with Crippen molar-refractivity contribution >= 4 is 0 Å². The van der Waals surface area contributed by atoms with Gasteiger partial charge in [0.25, 0.3) is 0 Å². The molecule has 4 heteroatoms. The number of hydrogen-bond donors (Lipinski definition) is 2. The van der Waals surface area contributed by atoms with Gasteiger partial charge in [-0.2, -0.15) is 0 Å². The molecule has 1 aromatic rings. The molecule has 4 nitrogen and oxygen atoms in total. The summed E-state index contributed by atoms with van der Waals surface area (Å²) in [7, 11) is 0. The Morgan fingerprint density at radius 3 is 3.10 bits per heavy atom. The molecule has 1 saturated heterocycles. The standard InChI is InChI=1S/C16H24N2O2/c17-18-15(10-13-5-7-19-11-13)3-1-12-2-4-16-14(9-12)6-8-20-16/h2,4,9,13,15,18H,1,3,5-8,10-11,17H2.